The molecule has 0 spiro atoms. The Hall–Kier alpha value is -2.08. The molecule has 0 saturated carbocycles. The van der Waals surface area contributed by atoms with Crippen molar-refractivity contribution < 1.29 is 9.53 Å². The summed E-state index contributed by atoms with van der Waals surface area (Å²) in [5.41, 5.74) is 7.43. The summed E-state index contributed by atoms with van der Waals surface area (Å²) in [5, 5.41) is 3.68. The van der Waals surface area contributed by atoms with Crippen molar-refractivity contribution in [1.82, 2.24) is 4.98 Å². The molecule has 0 fully saturated rings. The van der Waals surface area contributed by atoms with Gasteiger partial charge in [0.05, 0.1) is 6.61 Å². The number of benzene rings is 1. The highest BCUT2D eigenvalue weighted by molar-refractivity contribution is 7.20. The Bertz CT molecular complexity index is 595. The lowest BCUT2D eigenvalue weighted by Crippen LogP contribution is -2.05. The molecule has 1 aromatic heterocycles. The van der Waals surface area contributed by atoms with Crippen LogP contribution in [0.15, 0.2) is 24.3 Å². The van der Waals surface area contributed by atoms with E-state index in [0.717, 1.165) is 11.3 Å². The first-order valence-corrected chi connectivity index (χ1v) is 6.69. The minimum absolute atomic E-state index is 0.168. The Morgan fingerprint density at radius 2 is 2.21 bits per heavy atom. The lowest BCUT2D eigenvalue weighted by Gasteiger charge is -2.08. The van der Waals surface area contributed by atoms with Crippen LogP contribution in [-0.2, 0) is 4.79 Å². The normalized spacial score (nSPS) is 10.2. The highest BCUT2D eigenvalue weighted by Crippen LogP contribution is 2.37. The van der Waals surface area contributed by atoms with Crippen LogP contribution in [0.1, 0.15) is 13.8 Å². The van der Waals surface area contributed by atoms with Crippen molar-refractivity contribution in [2.24, 2.45) is 0 Å². The van der Waals surface area contributed by atoms with Gasteiger partial charge >= 0.3 is 0 Å². The van der Waals surface area contributed by atoms with Crippen LogP contribution in [0.3, 0.4) is 0 Å². The van der Waals surface area contributed by atoms with Crippen molar-refractivity contribution in [2.75, 3.05) is 17.7 Å². The second-order valence-corrected chi connectivity index (χ2v) is 4.87. The van der Waals surface area contributed by atoms with Gasteiger partial charge in [0.25, 0.3) is 0 Å². The summed E-state index contributed by atoms with van der Waals surface area (Å²) in [6, 6.07) is 7.56. The number of amides is 1. The molecule has 0 aliphatic heterocycles. The standard InChI is InChI=1S/C13H15N3O2S/c1-3-18-10-7-5-4-6-9(10)11-12(14)19-13(16-11)15-8(2)17/h4-7H,3,14H2,1-2H3,(H,15,16,17). The highest BCUT2D eigenvalue weighted by atomic mass is 32.1. The molecule has 2 rings (SSSR count). The summed E-state index contributed by atoms with van der Waals surface area (Å²) in [7, 11) is 0. The lowest BCUT2D eigenvalue weighted by atomic mass is 10.1. The fourth-order valence-corrected chi connectivity index (χ4v) is 2.46. The van der Waals surface area contributed by atoms with Crippen LogP contribution in [-0.4, -0.2) is 17.5 Å². The van der Waals surface area contributed by atoms with Gasteiger partial charge in [0.1, 0.15) is 16.4 Å². The third-order valence-corrected chi connectivity index (χ3v) is 3.18. The molecule has 2 aromatic rings. The summed E-state index contributed by atoms with van der Waals surface area (Å²) in [6.07, 6.45) is 0. The Morgan fingerprint density at radius 3 is 2.89 bits per heavy atom. The van der Waals surface area contributed by atoms with E-state index in [1.807, 2.05) is 31.2 Å². The number of ether oxygens (including phenoxy) is 1. The van der Waals surface area contributed by atoms with Crippen LogP contribution in [0.25, 0.3) is 11.3 Å². The summed E-state index contributed by atoms with van der Waals surface area (Å²) >= 11 is 1.24. The van der Waals surface area contributed by atoms with Crippen LogP contribution < -0.4 is 15.8 Å². The number of carbonyl (C=O) groups excluding carboxylic acids is 1. The van der Waals surface area contributed by atoms with Gasteiger partial charge in [-0.3, -0.25) is 4.79 Å². The van der Waals surface area contributed by atoms with Crippen LogP contribution >= 0.6 is 11.3 Å². The monoisotopic (exact) mass is 277 g/mol. The van der Waals surface area contributed by atoms with Gasteiger partial charge in [0.2, 0.25) is 5.91 Å². The Labute approximate surface area is 115 Å². The first kappa shape index (κ1) is 13.4. The fraction of sp³-hybridized carbons (Fsp3) is 0.231. The number of hydrogen-bond donors (Lipinski definition) is 2. The number of nitrogens with two attached hydrogens (primary N) is 1. The topological polar surface area (TPSA) is 77.2 Å². The molecule has 19 heavy (non-hydrogen) atoms. The van der Waals surface area contributed by atoms with E-state index in [2.05, 4.69) is 10.3 Å². The minimum atomic E-state index is -0.168. The van der Waals surface area contributed by atoms with E-state index in [-0.39, 0.29) is 5.91 Å². The minimum Gasteiger partial charge on any atom is -0.493 e. The first-order valence-electron chi connectivity index (χ1n) is 5.88. The van der Waals surface area contributed by atoms with Gasteiger partial charge in [-0.25, -0.2) is 4.98 Å². The number of nitrogens with zero attached hydrogens (tertiary/aromatic N) is 1. The molecular formula is C13H15N3O2S. The SMILES string of the molecule is CCOc1ccccc1-c1nc(NC(C)=O)sc1N. The smallest absolute Gasteiger partial charge is 0.223 e. The van der Waals surface area contributed by atoms with E-state index in [1.165, 1.54) is 18.3 Å². The molecule has 0 atom stereocenters. The lowest BCUT2D eigenvalue weighted by molar-refractivity contribution is -0.114. The van der Waals surface area contributed by atoms with E-state index in [4.69, 9.17) is 10.5 Å². The van der Waals surface area contributed by atoms with Crippen molar-refractivity contribution in [3.05, 3.63) is 24.3 Å². The molecule has 1 amide bonds. The van der Waals surface area contributed by atoms with E-state index < -0.39 is 0 Å². The fourth-order valence-electron chi connectivity index (χ4n) is 1.67. The Kier molecular flexibility index (Phi) is 4.01. The molecule has 0 aliphatic rings. The number of thiazole rings is 1. The second-order valence-electron chi connectivity index (χ2n) is 3.84. The maximum Gasteiger partial charge on any atom is 0.223 e. The molecule has 100 valence electrons. The molecule has 0 radical (unpaired) electrons. The maximum absolute atomic E-state index is 11.0. The van der Waals surface area contributed by atoms with Gasteiger partial charge in [-0.15, -0.1) is 0 Å². The highest BCUT2D eigenvalue weighted by Gasteiger charge is 2.15. The molecule has 1 heterocycles. The third kappa shape index (κ3) is 3.03. The Morgan fingerprint density at radius 1 is 1.47 bits per heavy atom. The Balaban J connectivity index is 2.41. The number of aromatic nitrogens is 1. The van der Waals surface area contributed by atoms with Crippen molar-refractivity contribution in [3.63, 3.8) is 0 Å². The molecule has 0 aliphatic carbocycles. The summed E-state index contributed by atoms with van der Waals surface area (Å²) < 4.78 is 5.56. The molecular weight excluding hydrogens is 262 g/mol. The second kappa shape index (κ2) is 5.71. The number of carbonyl (C=O) groups is 1. The molecule has 3 N–H and O–H groups in total. The summed E-state index contributed by atoms with van der Waals surface area (Å²) in [6.45, 7) is 3.93. The average molecular weight is 277 g/mol. The van der Waals surface area contributed by atoms with E-state index >= 15 is 0 Å². The first-order chi connectivity index (χ1) is 9.11. The van der Waals surface area contributed by atoms with Crippen LogP contribution in [0, 0.1) is 0 Å². The largest absolute Gasteiger partial charge is 0.493 e. The third-order valence-electron chi connectivity index (χ3n) is 2.38. The quantitative estimate of drug-likeness (QED) is 0.900. The number of rotatable bonds is 4. The number of hydrogen-bond acceptors (Lipinski definition) is 5. The zero-order valence-electron chi connectivity index (χ0n) is 10.8. The molecule has 1 aromatic carbocycles. The van der Waals surface area contributed by atoms with Gasteiger partial charge in [0.15, 0.2) is 5.13 Å². The number of para-hydroxylation sites is 1. The number of nitrogen functional groups attached to an aromatic ring is 1. The predicted octanol–water partition coefficient (Wildman–Crippen LogP) is 2.75. The molecule has 5 nitrogen and oxygen atoms in total. The number of nitrogens with one attached hydrogen (secondary N) is 1. The van der Waals surface area contributed by atoms with Gasteiger partial charge in [-0.2, -0.15) is 0 Å². The van der Waals surface area contributed by atoms with Gasteiger partial charge < -0.3 is 15.8 Å². The van der Waals surface area contributed by atoms with E-state index in [1.54, 1.807) is 0 Å². The van der Waals surface area contributed by atoms with E-state index in [0.29, 0.717) is 22.4 Å². The summed E-state index contributed by atoms with van der Waals surface area (Å²) in [5.74, 6) is 0.565. The summed E-state index contributed by atoms with van der Waals surface area (Å²) in [4.78, 5) is 15.4. The molecule has 0 unspecified atom stereocenters. The van der Waals surface area contributed by atoms with Crippen LogP contribution in [0.4, 0.5) is 10.1 Å². The van der Waals surface area contributed by atoms with Crippen LogP contribution in [0.2, 0.25) is 0 Å². The molecule has 0 saturated heterocycles. The van der Waals surface area contributed by atoms with Gasteiger partial charge in [-0.1, -0.05) is 23.5 Å². The van der Waals surface area contributed by atoms with Crippen molar-refractivity contribution in [1.29, 1.82) is 0 Å². The van der Waals surface area contributed by atoms with Gasteiger partial charge in [-0.05, 0) is 19.1 Å². The van der Waals surface area contributed by atoms with Crippen molar-refractivity contribution in [2.45, 2.75) is 13.8 Å². The van der Waals surface area contributed by atoms with Crippen molar-refractivity contribution in [3.8, 4) is 17.0 Å². The van der Waals surface area contributed by atoms with E-state index in [9.17, 15) is 4.79 Å². The van der Waals surface area contributed by atoms with Crippen molar-refractivity contribution >= 4 is 27.4 Å². The average Bonchev–Trinajstić information content (AvgIpc) is 2.70. The molecule has 0 bridgehead atoms. The zero-order chi connectivity index (χ0) is 13.8. The zero-order valence-corrected chi connectivity index (χ0v) is 11.6. The predicted molar refractivity (Wildman–Crippen MR) is 77.4 cm³/mol. The van der Waals surface area contributed by atoms with Crippen LogP contribution in [0.5, 0.6) is 5.75 Å². The van der Waals surface area contributed by atoms with Gasteiger partial charge in [0, 0.05) is 12.5 Å². The maximum atomic E-state index is 11.0. The molecule has 6 heteroatoms. The number of anilines is 2.